The van der Waals surface area contributed by atoms with Gasteiger partial charge in [-0.1, -0.05) is 70.1 Å². The van der Waals surface area contributed by atoms with Crippen LogP contribution in [-0.4, -0.2) is 19.6 Å². The van der Waals surface area contributed by atoms with Gasteiger partial charge in [0.15, 0.2) is 0 Å². The Labute approximate surface area is 151 Å². The van der Waals surface area contributed by atoms with Gasteiger partial charge in [0.25, 0.3) is 0 Å². The highest BCUT2D eigenvalue weighted by molar-refractivity contribution is 5.42. The minimum atomic E-state index is 0. The third kappa shape index (κ3) is 8.22. The Morgan fingerprint density at radius 1 is 0.652 bits per heavy atom. The van der Waals surface area contributed by atoms with Crippen LogP contribution in [0.1, 0.15) is 78.6 Å². The molecule has 0 spiro atoms. The van der Waals surface area contributed by atoms with Crippen LogP contribution in [-0.2, 0) is 0 Å². The van der Waals surface area contributed by atoms with Crippen molar-refractivity contribution >= 4 is 5.69 Å². The summed E-state index contributed by atoms with van der Waals surface area (Å²) < 4.78 is 1.15. The highest BCUT2D eigenvalue weighted by Crippen LogP contribution is 2.23. The molecule has 1 aromatic carbocycles. The number of hydrogen-bond acceptors (Lipinski definition) is 0. The highest BCUT2D eigenvalue weighted by atomic mass is 35.5. The molecule has 0 amide bonds. The van der Waals surface area contributed by atoms with E-state index in [-0.39, 0.29) is 12.4 Å². The number of para-hydroxylation sites is 1. The second-order valence-electron chi connectivity index (χ2n) is 6.67. The van der Waals surface area contributed by atoms with Gasteiger partial charge in [-0.05, 0) is 38.8 Å². The summed E-state index contributed by atoms with van der Waals surface area (Å²) in [6.07, 6.45) is 12.7. The third-order valence-electron chi connectivity index (χ3n) is 5.20. The predicted molar refractivity (Wildman–Crippen MR) is 101 cm³/mol. The SMILES string of the molecule is CCCCCCCCCCC[N+](CC)(CC)c1ccccc1.[Cl-]. The molecule has 0 unspecified atom stereocenters. The fourth-order valence-corrected chi connectivity index (χ4v) is 3.50. The maximum atomic E-state index is 2.34. The first-order chi connectivity index (χ1) is 10.8. The van der Waals surface area contributed by atoms with Crippen LogP contribution in [0.15, 0.2) is 30.3 Å². The van der Waals surface area contributed by atoms with Crippen LogP contribution in [0.25, 0.3) is 0 Å². The van der Waals surface area contributed by atoms with Crippen molar-refractivity contribution in [3.05, 3.63) is 30.3 Å². The Balaban J connectivity index is 0.00000484. The Bertz CT molecular complexity index is 359. The molecule has 0 atom stereocenters. The van der Waals surface area contributed by atoms with Crippen LogP contribution in [0.5, 0.6) is 0 Å². The predicted octanol–water partition coefficient (Wildman–Crippen LogP) is 3.57. The van der Waals surface area contributed by atoms with E-state index in [2.05, 4.69) is 51.1 Å². The fourth-order valence-electron chi connectivity index (χ4n) is 3.50. The van der Waals surface area contributed by atoms with Crippen molar-refractivity contribution in [2.45, 2.75) is 78.6 Å². The van der Waals surface area contributed by atoms with E-state index in [9.17, 15) is 0 Å². The number of benzene rings is 1. The summed E-state index contributed by atoms with van der Waals surface area (Å²) in [7, 11) is 0. The lowest BCUT2D eigenvalue weighted by Gasteiger charge is -2.36. The van der Waals surface area contributed by atoms with Crippen molar-refractivity contribution < 1.29 is 12.4 Å². The summed E-state index contributed by atoms with van der Waals surface area (Å²) >= 11 is 0. The summed E-state index contributed by atoms with van der Waals surface area (Å²) in [5.41, 5.74) is 1.49. The van der Waals surface area contributed by atoms with Gasteiger partial charge < -0.3 is 12.4 Å². The van der Waals surface area contributed by atoms with Crippen LogP contribution < -0.4 is 16.9 Å². The van der Waals surface area contributed by atoms with Gasteiger partial charge >= 0.3 is 0 Å². The van der Waals surface area contributed by atoms with Gasteiger partial charge in [0, 0.05) is 0 Å². The zero-order valence-electron chi connectivity index (χ0n) is 15.7. The number of rotatable bonds is 13. The van der Waals surface area contributed by atoms with Gasteiger partial charge in [-0.25, -0.2) is 0 Å². The maximum absolute atomic E-state index is 2.34. The number of halogens is 1. The molecule has 0 aliphatic carbocycles. The lowest BCUT2D eigenvalue weighted by atomic mass is 10.1. The zero-order valence-corrected chi connectivity index (χ0v) is 16.5. The lowest BCUT2D eigenvalue weighted by Crippen LogP contribution is -3.00. The first kappa shape index (κ1) is 22.5. The van der Waals surface area contributed by atoms with E-state index in [1.54, 1.807) is 0 Å². The van der Waals surface area contributed by atoms with Gasteiger partial charge in [0.2, 0.25) is 0 Å². The maximum Gasteiger partial charge on any atom is 0.132 e. The van der Waals surface area contributed by atoms with Crippen molar-refractivity contribution in [3.63, 3.8) is 0 Å². The summed E-state index contributed by atoms with van der Waals surface area (Å²) in [5, 5.41) is 0. The van der Waals surface area contributed by atoms with Crippen LogP contribution in [0.4, 0.5) is 5.69 Å². The molecule has 0 bridgehead atoms. The number of nitrogens with zero attached hydrogens (tertiary/aromatic N) is 1. The van der Waals surface area contributed by atoms with Crippen LogP contribution in [0.3, 0.4) is 0 Å². The van der Waals surface area contributed by atoms with E-state index < -0.39 is 0 Å². The molecular weight excluding hydrogens is 302 g/mol. The standard InChI is InChI=1S/C21H38N.ClH/c1-4-7-8-9-10-11-12-13-17-20-22(5-2,6-3)21-18-15-14-16-19-21;/h14-16,18-19H,4-13,17,20H2,1-3H3;1H/q+1;/p-1. The summed E-state index contributed by atoms with van der Waals surface area (Å²) in [6, 6.07) is 11.1. The van der Waals surface area contributed by atoms with Crippen molar-refractivity contribution in [2.75, 3.05) is 19.6 Å². The van der Waals surface area contributed by atoms with Crippen LogP contribution in [0, 0.1) is 0 Å². The third-order valence-corrected chi connectivity index (χ3v) is 5.20. The molecular formula is C21H38ClN. The number of quaternary nitrogens is 1. The number of hydrogen-bond donors (Lipinski definition) is 0. The normalized spacial score (nSPS) is 11.3. The van der Waals surface area contributed by atoms with E-state index in [1.807, 2.05) is 0 Å². The fraction of sp³-hybridized carbons (Fsp3) is 0.714. The van der Waals surface area contributed by atoms with Crippen molar-refractivity contribution in [2.24, 2.45) is 0 Å². The molecule has 0 N–H and O–H groups in total. The van der Waals surface area contributed by atoms with Gasteiger partial charge in [0.05, 0.1) is 19.6 Å². The molecule has 0 aliphatic rings. The van der Waals surface area contributed by atoms with E-state index in [1.165, 1.54) is 83.1 Å². The van der Waals surface area contributed by atoms with Crippen molar-refractivity contribution in [3.8, 4) is 0 Å². The monoisotopic (exact) mass is 339 g/mol. The average molecular weight is 340 g/mol. The molecule has 0 saturated heterocycles. The molecule has 0 saturated carbocycles. The molecule has 0 aliphatic heterocycles. The Morgan fingerprint density at radius 3 is 1.61 bits per heavy atom. The van der Waals surface area contributed by atoms with Crippen LogP contribution in [0.2, 0.25) is 0 Å². The minimum Gasteiger partial charge on any atom is -1.00 e. The quantitative estimate of drug-likeness (QED) is 0.381. The molecule has 0 radical (unpaired) electrons. The first-order valence-corrected chi connectivity index (χ1v) is 9.70. The van der Waals surface area contributed by atoms with Crippen molar-refractivity contribution in [1.82, 2.24) is 4.48 Å². The molecule has 1 nitrogen and oxygen atoms in total. The molecule has 134 valence electrons. The molecule has 23 heavy (non-hydrogen) atoms. The first-order valence-electron chi connectivity index (χ1n) is 9.70. The minimum absolute atomic E-state index is 0. The second-order valence-corrected chi connectivity index (χ2v) is 6.67. The highest BCUT2D eigenvalue weighted by Gasteiger charge is 2.25. The molecule has 1 aromatic rings. The smallest absolute Gasteiger partial charge is 0.132 e. The molecule has 0 fully saturated rings. The summed E-state index contributed by atoms with van der Waals surface area (Å²) in [4.78, 5) is 0. The lowest BCUT2D eigenvalue weighted by molar-refractivity contribution is -0.00000483. The largest absolute Gasteiger partial charge is 1.00 e. The van der Waals surface area contributed by atoms with E-state index in [4.69, 9.17) is 0 Å². The molecule has 0 aromatic heterocycles. The van der Waals surface area contributed by atoms with Crippen LogP contribution >= 0.6 is 0 Å². The van der Waals surface area contributed by atoms with Gasteiger partial charge in [-0.15, -0.1) is 0 Å². The van der Waals surface area contributed by atoms with Gasteiger partial charge in [0.1, 0.15) is 5.69 Å². The van der Waals surface area contributed by atoms with Crippen molar-refractivity contribution in [1.29, 1.82) is 0 Å². The van der Waals surface area contributed by atoms with E-state index >= 15 is 0 Å². The molecule has 2 heteroatoms. The van der Waals surface area contributed by atoms with Gasteiger partial charge in [-0.3, -0.25) is 4.48 Å². The number of unbranched alkanes of at least 4 members (excludes halogenated alkanes) is 8. The molecule has 1 rings (SSSR count). The van der Waals surface area contributed by atoms with Gasteiger partial charge in [-0.2, -0.15) is 0 Å². The Kier molecular flexibility index (Phi) is 13.5. The zero-order chi connectivity index (χ0) is 16.1. The topological polar surface area (TPSA) is 0 Å². The summed E-state index contributed by atoms with van der Waals surface area (Å²) in [5.74, 6) is 0. The second kappa shape index (κ2) is 13.9. The van der Waals surface area contributed by atoms with E-state index in [0.717, 1.165) is 4.48 Å². The average Bonchev–Trinajstić information content (AvgIpc) is 2.58. The Morgan fingerprint density at radius 2 is 1.13 bits per heavy atom. The summed E-state index contributed by atoms with van der Waals surface area (Å²) in [6.45, 7) is 10.7. The Hall–Kier alpha value is -0.530. The molecule has 0 heterocycles. The van der Waals surface area contributed by atoms with E-state index in [0.29, 0.717) is 0 Å².